The topological polar surface area (TPSA) is 81.2 Å². The van der Waals surface area contributed by atoms with Gasteiger partial charge in [0.2, 0.25) is 0 Å². The van der Waals surface area contributed by atoms with Crippen molar-refractivity contribution in [3.05, 3.63) is 41.8 Å². The van der Waals surface area contributed by atoms with Gasteiger partial charge in [-0.1, -0.05) is 13.0 Å². The van der Waals surface area contributed by atoms with Crippen LogP contribution in [-0.4, -0.2) is 66.2 Å². The maximum absolute atomic E-state index is 9.72. The Morgan fingerprint density at radius 2 is 2.00 bits per heavy atom. The summed E-state index contributed by atoms with van der Waals surface area (Å²) in [5, 5.41) is 14.1. The summed E-state index contributed by atoms with van der Waals surface area (Å²) < 4.78 is 10.3. The minimum Gasteiger partial charge on any atom is -0.495 e. The van der Waals surface area contributed by atoms with Crippen LogP contribution < -0.4 is 0 Å². The third-order valence-electron chi connectivity index (χ3n) is 6.67. The third-order valence-corrected chi connectivity index (χ3v) is 6.67. The van der Waals surface area contributed by atoms with Crippen LogP contribution in [0.15, 0.2) is 36.0 Å². The number of hydrogen-bond donors (Lipinski definition) is 1. The highest BCUT2D eigenvalue weighted by molar-refractivity contribution is 5.50. The molecule has 3 aliphatic rings. The molecule has 3 unspecified atom stereocenters. The molecule has 8 nitrogen and oxygen atoms in total. The predicted molar refractivity (Wildman–Crippen MR) is 113 cm³/mol. The van der Waals surface area contributed by atoms with Crippen molar-refractivity contribution in [3.8, 4) is 11.5 Å². The summed E-state index contributed by atoms with van der Waals surface area (Å²) in [5.74, 6) is 3.15. The van der Waals surface area contributed by atoms with Gasteiger partial charge >= 0.3 is 0 Å². The van der Waals surface area contributed by atoms with Crippen LogP contribution >= 0.6 is 0 Å². The van der Waals surface area contributed by atoms with Gasteiger partial charge in [0.1, 0.15) is 30.2 Å². The second-order valence-electron chi connectivity index (χ2n) is 8.93. The molecule has 0 amide bonds. The molecule has 0 saturated carbocycles. The number of aliphatic hydroxyl groups excluding tert-OH is 1. The standard InChI is InChI=1S/C22H30N6O2/c1-13(2)28-21(23-12-24-28)18-11-26-7-8-30-19-6-5-17(14(3)20(19)22(26)25-18)15(4)27-9-16(29)10-27/h5-6,11-16,20,29H,7-10H2,1-4H3. The molecular formula is C22H30N6O2. The molecule has 2 aliphatic heterocycles. The van der Waals surface area contributed by atoms with E-state index in [1.807, 2.05) is 4.68 Å². The van der Waals surface area contributed by atoms with Crippen molar-refractivity contribution in [2.24, 2.45) is 5.92 Å². The number of β-amino-alcohol motifs (C(OH)–C–C–N with tert-alkyl or cyclic N) is 1. The monoisotopic (exact) mass is 410 g/mol. The molecule has 0 bridgehead atoms. The van der Waals surface area contributed by atoms with E-state index >= 15 is 0 Å². The van der Waals surface area contributed by atoms with Crippen molar-refractivity contribution in [2.45, 2.75) is 58.3 Å². The molecule has 8 heteroatoms. The molecule has 1 fully saturated rings. The Bertz CT molecular complexity index is 997. The van der Waals surface area contributed by atoms with Crippen LogP contribution in [-0.2, 0) is 11.3 Å². The van der Waals surface area contributed by atoms with Crippen molar-refractivity contribution in [1.29, 1.82) is 0 Å². The van der Waals surface area contributed by atoms with Crippen LogP contribution in [0.4, 0.5) is 0 Å². The number of ether oxygens (including phenoxy) is 1. The number of nitrogens with zero attached hydrogens (tertiary/aromatic N) is 6. The van der Waals surface area contributed by atoms with E-state index in [2.05, 4.69) is 65.6 Å². The Labute approximate surface area is 176 Å². The lowest BCUT2D eigenvalue weighted by Gasteiger charge is -2.44. The molecule has 0 radical (unpaired) electrons. The second-order valence-corrected chi connectivity index (χ2v) is 8.93. The number of likely N-dealkylation sites (tertiary alicyclic amines) is 1. The molecule has 1 saturated heterocycles. The summed E-state index contributed by atoms with van der Waals surface area (Å²) in [7, 11) is 0. The first-order chi connectivity index (χ1) is 14.4. The SMILES string of the molecule is CC1C(C(C)N2CC(O)C2)=CC=C2OCCn3cc(-c4ncnn4C(C)C)nc3C21. The van der Waals surface area contributed by atoms with Crippen LogP contribution in [0.2, 0.25) is 0 Å². The molecule has 4 heterocycles. The molecule has 3 atom stereocenters. The highest BCUT2D eigenvalue weighted by Crippen LogP contribution is 2.43. The van der Waals surface area contributed by atoms with Crippen LogP contribution in [0, 0.1) is 5.92 Å². The van der Waals surface area contributed by atoms with Crippen molar-refractivity contribution >= 4 is 0 Å². The Morgan fingerprint density at radius 1 is 1.20 bits per heavy atom. The van der Waals surface area contributed by atoms with Crippen LogP contribution in [0.5, 0.6) is 0 Å². The number of aromatic nitrogens is 5. The first-order valence-corrected chi connectivity index (χ1v) is 10.9. The smallest absolute Gasteiger partial charge is 0.178 e. The molecule has 0 aromatic carbocycles. The summed E-state index contributed by atoms with van der Waals surface area (Å²) in [6.07, 6.45) is 7.82. The van der Waals surface area contributed by atoms with E-state index in [1.54, 1.807) is 6.33 Å². The van der Waals surface area contributed by atoms with Gasteiger partial charge < -0.3 is 14.4 Å². The van der Waals surface area contributed by atoms with Crippen LogP contribution in [0.1, 0.15) is 45.5 Å². The maximum atomic E-state index is 9.72. The first-order valence-electron chi connectivity index (χ1n) is 10.9. The summed E-state index contributed by atoms with van der Waals surface area (Å²) in [4.78, 5) is 11.9. The highest BCUT2D eigenvalue weighted by atomic mass is 16.5. The average molecular weight is 411 g/mol. The number of fused-ring (bicyclic) bond motifs is 3. The van der Waals surface area contributed by atoms with Gasteiger partial charge in [0, 0.05) is 31.4 Å². The lowest BCUT2D eigenvalue weighted by atomic mass is 9.78. The van der Waals surface area contributed by atoms with Crippen LogP contribution in [0.3, 0.4) is 0 Å². The Hall–Kier alpha value is -2.45. The quantitative estimate of drug-likeness (QED) is 0.833. The van der Waals surface area contributed by atoms with Gasteiger partial charge in [-0.05, 0) is 38.3 Å². The van der Waals surface area contributed by atoms with Gasteiger partial charge in [0.15, 0.2) is 5.82 Å². The lowest BCUT2D eigenvalue weighted by molar-refractivity contribution is -0.0145. The molecule has 0 spiro atoms. The summed E-state index contributed by atoms with van der Waals surface area (Å²) in [5.41, 5.74) is 2.22. The fourth-order valence-electron chi connectivity index (χ4n) is 4.93. The van der Waals surface area contributed by atoms with E-state index < -0.39 is 0 Å². The fourth-order valence-corrected chi connectivity index (χ4v) is 4.93. The van der Waals surface area contributed by atoms with E-state index in [0.717, 1.165) is 42.7 Å². The van der Waals surface area contributed by atoms with Crippen molar-refractivity contribution < 1.29 is 9.84 Å². The average Bonchev–Trinajstić information content (AvgIpc) is 3.29. The van der Waals surface area contributed by atoms with Gasteiger partial charge in [-0.2, -0.15) is 5.10 Å². The summed E-state index contributed by atoms with van der Waals surface area (Å²) in [6, 6.07) is 0.509. The first kappa shape index (κ1) is 19.5. The summed E-state index contributed by atoms with van der Waals surface area (Å²) in [6.45, 7) is 11.6. The van der Waals surface area contributed by atoms with E-state index in [9.17, 15) is 5.11 Å². The van der Waals surface area contributed by atoms with Crippen LogP contribution in [0.25, 0.3) is 11.5 Å². The number of allylic oxidation sites excluding steroid dienone is 3. The molecule has 2 aromatic rings. The number of rotatable bonds is 4. The lowest BCUT2D eigenvalue weighted by Crippen LogP contribution is -2.55. The Morgan fingerprint density at radius 3 is 2.73 bits per heavy atom. The van der Waals surface area contributed by atoms with Gasteiger partial charge in [-0.25, -0.2) is 14.6 Å². The van der Waals surface area contributed by atoms with Crippen molar-refractivity contribution in [2.75, 3.05) is 19.7 Å². The zero-order chi connectivity index (χ0) is 21.0. The zero-order valence-electron chi connectivity index (χ0n) is 18.1. The van der Waals surface area contributed by atoms with Crippen molar-refractivity contribution in [1.82, 2.24) is 29.2 Å². The molecule has 2 aromatic heterocycles. The normalized spacial score (nSPS) is 25.5. The fraction of sp³-hybridized carbons (Fsp3) is 0.591. The third kappa shape index (κ3) is 3.09. The minimum absolute atomic E-state index is 0.0744. The molecule has 1 aliphatic carbocycles. The molecule has 30 heavy (non-hydrogen) atoms. The van der Waals surface area contributed by atoms with Gasteiger partial charge in [-0.3, -0.25) is 4.90 Å². The minimum atomic E-state index is -0.195. The van der Waals surface area contributed by atoms with E-state index in [1.165, 1.54) is 5.57 Å². The number of hydrogen-bond acceptors (Lipinski definition) is 6. The van der Waals surface area contributed by atoms with Gasteiger partial charge in [-0.15, -0.1) is 0 Å². The molecule has 1 N–H and O–H groups in total. The largest absolute Gasteiger partial charge is 0.495 e. The zero-order valence-corrected chi connectivity index (χ0v) is 18.1. The second kappa shape index (κ2) is 7.35. The highest BCUT2D eigenvalue weighted by Gasteiger charge is 2.40. The molecule has 5 rings (SSSR count). The number of aliphatic hydroxyl groups is 1. The molecule has 160 valence electrons. The Balaban J connectivity index is 1.50. The van der Waals surface area contributed by atoms with Gasteiger partial charge in [0.05, 0.1) is 18.6 Å². The Kier molecular flexibility index (Phi) is 4.78. The van der Waals surface area contributed by atoms with E-state index in [4.69, 9.17) is 9.72 Å². The van der Waals surface area contributed by atoms with E-state index in [0.29, 0.717) is 6.61 Å². The van der Waals surface area contributed by atoms with Gasteiger partial charge in [0.25, 0.3) is 0 Å². The number of imidazole rings is 1. The molecular weight excluding hydrogens is 380 g/mol. The maximum Gasteiger partial charge on any atom is 0.178 e. The predicted octanol–water partition coefficient (Wildman–Crippen LogP) is 2.36. The van der Waals surface area contributed by atoms with Crippen molar-refractivity contribution in [3.63, 3.8) is 0 Å². The van der Waals surface area contributed by atoms with E-state index in [-0.39, 0.29) is 30.0 Å². The summed E-state index contributed by atoms with van der Waals surface area (Å²) >= 11 is 0.